The molecule has 0 bridgehead atoms. The number of nitriles is 1. The minimum absolute atomic E-state index is 0.0146. The van der Waals surface area contributed by atoms with Crippen molar-refractivity contribution in [2.24, 2.45) is 11.3 Å². The van der Waals surface area contributed by atoms with Crippen molar-refractivity contribution in [2.45, 2.75) is 75.6 Å². The summed E-state index contributed by atoms with van der Waals surface area (Å²) in [5.41, 5.74) is -0.830. The number of benzene rings is 3. The van der Waals surface area contributed by atoms with E-state index in [-0.39, 0.29) is 45.5 Å². The molecule has 2 fully saturated rings. The molecular formula is C38H44Cl2F2N4O3. The number of hydrogen-bond donors (Lipinski definition) is 4. The summed E-state index contributed by atoms with van der Waals surface area (Å²) in [4.78, 5) is 16.4. The standard InChI is InChI=1S/C38H44Cl2F2N4O3/c1-37(2,25-14-17-46(18-15-25)21-24-7-4-3-5-8-24)20-32-38(23-43,29-12-11-26(39)19-31(29)41)33(28-9-6-10-30(40)34(28)42)35(45-32)36(49)44-16-13-27(48)22-47/h3-12,19,25,27,32-33,35,45,47-48H,13-18,20-22H2,1-2H3,(H,44,49)/t27-,32?,33?,35?,38?/m0/s1. The minimum Gasteiger partial charge on any atom is -0.394 e. The van der Waals surface area contributed by atoms with Crippen LogP contribution in [-0.4, -0.2) is 65.4 Å². The first-order valence-corrected chi connectivity index (χ1v) is 17.6. The molecule has 4 unspecified atom stereocenters. The average Bonchev–Trinajstić information content (AvgIpc) is 3.40. The van der Waals surface area contributed by atoms with E-state index in [0.717, 1.165) is 38.5 Å². The van der Waals surface area contributed by atoms with Crippen molar-refractivity contribution >= 4 is 29.1 Å². The van der Waals surface area contributed by atoms with Gasteiger partial charge >= 0.3 is 0 Å². The normalized spacial score (nSPS) is 24.0. The first-order valence-electron chi connectivity index (χ1n) is 16.8. The highest BCUT2D eigenvalue weighted by Gasteiger charge is 2.61. The van der Waals surface area contributed by atoms with Gasteiger partial charge in [0.2, 0.25) is 5.91 Å². The van der Waals surface area contributed by atoms with Gasteiger partial charge in [-0.05, 0) is 79.4 Å². The summed E-state index contributed by atoms with van der Waals surface area (Å²) in [5.74, 6) is -2.99. The summed E-state index contributed by atoms with van der Waals surface area (Å²) in [6.45, 7) is 6.51. The number of rotatable bonds is 12. The molecule has 2 saturated heterocycles. The Bertz CT molecular complexity index is 1650. The van der Waals surface area contributed by atoms with Crippen LogP contribution in [-0.2, 0) is 16.8 Å². The maximum atomic E-state index is 16.1. The van der Waals surface area contributed by atoms with E-state index in [0.29, 0.717) is 6.42 Å². The molecule has 0 spiro atoms. The van der Waals surface area contributed by atoms with Gasteiger partial charge in [-0.25, -0.2) is 8.78 Å². The van der Waals surface area contributed by atoms with E-state index in [9.17, 15) is 20.3 Å². The van der Waals surface area contributed by atoms with Crippen LogP contribution in [0.15, 0.2) is 66.7 Å². The Hall–Kier alpha value is -3.10. The average molecular weight is 714 g/mol. The number of halogens is 4. The topological polar surface area (TPSA) is 109 Å². The van der Waals surface area contributed by atoms with E-state index in [1.165, 1.54) is 29.8 Å². The summed E-state index contributed by atoms with van der Waals surface area (Å²) in [5, 5.41) is 36.5. The monoisotopic (exact) mass is 712 g/mol. The van der Waals surface area contributed by atoms with E-state index in [4.69, 9.17) is 23.2 Å². The zero-order chi connectivity index (χ0) is 35.3. The van der Waals surface area contributed by atoms with Gasteiger partial charge in [0, 0.05) is 35.6 Å². The van der Waals surface area contributed by atoms with Gasteiger partial charge in [-0.15, -0.1) is 0 Å². The van der Waals surface area contributed by atoms with Crippen LogP contribution in [0.3, 0.4) is 0 Å². The molecule has 5 rings (SSSR count). The van der Waals surface area contributed by atoms with Crippen LogP contribution >= 0.6 is 23.2 Å². The molecule has 49 heavy (non-hydrogen) atoms. The van der Waals surface area contributed by atoms with Crippen molar-refractivity contribution < 1.29 is 23.8 Å². The van der Waals surface area contributed by atoms with Gasteiger partial charge in [-0.2, -0.15) is 5.26 Å². The molecule has 0 aromatic heterocycles. The zero-order valence-electron chi connectivity index (χ0n) is 27.8. The number of aliphatic hydroxyl groups is 2. The number of amides is 1. The third-order valence-corrected chi connectivity index (χ3v) is 11.1. The summed E-state index contributed by atoms with van der Waals surface area (Å²) in [7, 11) is 0. The number of carbonyl (C=O) groups is 1. The highest BCUT2D eigenvalue weighted by Crippen LogP contribution is 2.54. The van der Waals surface area contributed by atoms with Crippen LogP contribution in [0, 0.1) is 34.3 Å². The van der Waals surface area contributed by atoms with Crippen molar-refractivity contribution in [1.82, 2.24) is 15.5 Å². The highest BCUT2D eigenvalue weighted by atomic mass is 35.5. The summed E-state index contributed by atoms with van der Waals surface area (Å²) in [6.07, 6.45) is 1.28. The molecule has 5 atom stereocenters. The molecule has 0 aliphatic carbocycles. The van der Waals surface area contributed by atoms with Gasteiger partial charge in [0.05, 0.1) is 29.8 Å². The number of carbonyl (C=O) groups excluding carboxylic acids is 1. The number of nitrogens with one attached hydrogen (secondary N) is 2. The Morgan fingerprint density at radius 2 is 1.84 bits per heavy atom. The van der Waals surface area contributed by atoms with Gasteiger partial charge < -0.3 is 20.8 Å². The van der Waals surface area contributed by atoms with Crippen molar-refractivity contribution in [3.63, 3.8) is 0 Å². The lowest BCUT2D eigenvalue weighted by Crippen LogP contribution is -2.48. The fourth-order valence-corrected chi connectivity index (χ4v) is 8.26. The summed E-state index contributed by atoms with van der Waals surface area (Å²) in [6, 6.07) is 19.3. The van der Waals surface area contributed by atoms with Gasteiger partial charge in [0.15, 0.2) is 0 Å². The third-order valence-electron chi connectivity index (χ3n) is 10.6. The Kier molecular flexibility index (Phi) is 12.0. The maximum Gasteiger partial charge on any atom is 0.237 e. The predicted octanol–water partition coefficient (Wildman–Crippen LogP) is 6.35. The molecule has 0 saturated carbocycles. The highest BCUT2D eigenvalue weighted by molar-refractivity contribution is 6.31. The van der Waals surface area contributed by atoms with E-state index in [2.05, 4.69) is 47.6 Å². The molecule has 3 aromatic rings. The number of hydrogen-bond acceptors (Lipinski definition) is 6. The minimum atomic E-state index is -1.75. The third kappa shape index (κ3) is 7.96. The second-order valence-electron chi connectivity index (χ2n) is 14.1. The van der Waals surface area contributed by atoms with Crippen molar-refractivity contribution in [2.75, 3.05) is 26.2 Å². The maximum absolute atomic E-state index is 16.1. The van der Waals surface area contributed by atoms with Gasteiger partial charge in [-0.3, -0.25) is 9.69 Å². The molecule has 2 aliphatic rings. The molecule has 1 amide bonds. The second kappa shape index (κ2) is 15.8. The van der Waals surface area contributed by atoms with Crippen LogP contribution in [0.25, 0.3) is 0 Å². The quantitative estimate of drug-likeness (QED) is 0.175. The van der Waals surface area contributed by atoms with Crippen molar-refractivity contribution in [3.8, 4) is 6.07 Å². The Morgan fingerprint density at radius 3 is 2.49 bits per heavy atom. The lowest BCUT2D eigenvalue weighted by molar-refractivity contribution is -0.123. The van der Waals surface area contributed by atoms with Crippen molar-refractivity contribution in [3.05, 3.63) is 105 Å². The number of piperidine rings is 1. The molecule has 3 aromatic carbocycles. The van der Waals surface area contributed by atoms with Crippen LogP contribution < -0.4 is 10.6 Å². The fraction of sp³-hybridized carbons (Fsp3) is 0.474. The Morgan fingerprint density at radius 1 is 1.12 bits per heavy atom. The molecule has 11 heteroatoms. The van der Waals surface area contributed by atoms with Crippen molar-refractivity contribution in [1.29, 1.82) is 5.26 Å². The molecule has 2 aliphatic heterocycles. The van der Waals surface area contributed by atoms with E-state index in [1.807, 2.05) is 18.2 Å². The molecular weight excluding hydrogens is 669 g/mol. The fourth-order valence-electron chi connectivity index (χ4n) is 7.91. The number of aliphatic hydroxyl groups excluding tert-OH is 2. The first kappa shape index (κ1) is 37.2. The van der Waals surface area contributed by atoms with Crippen LogP contribution in [0.4, 0.5) is 8.78 Å². The smallest absolute Gasteiger partial charge is 0.237 e. The lowest BCUT2D eigenvalue weighted by Gasteiger charge is -2.44. The summed E-state index contributed by atoms with van der Waals surface area (Å²) >= 11 is 12.4. The zero-order valence-corrected chi connectivity index (χ0v) is 29.3. The molecule has 2 heterocycles. The molecule has 7 nitrogen and oxygen atoms in total. The van der Waals surface area contributed by atoms with E-state index < -0.39 is 53.7 Å². The largest absolute Gasteiger partial charge is 0.394 e. The van der Waals surface area contributed by atoms with Gasteiger partial charge in [0.25, 0.3) is 0 Å². The Labute approximate surface area is 297 Å². The predicted molar refractivity (Wildman–Crippen MR) is 187 cm³/mol. The molecule has 262 valence electrons. The van der Waals surface area contributed by atoms with Crippen LogP contribution in [0.1, 0.15) is 62.1 Å². The Balaban J connectivity index is 1.52. The van der Waals surface area contributed by atoms with Gasteiger partial charge in [-0.1, -0.05) is 85.6 Å². The SMILES string of the molecule is CC(C)(CC1NC(C(=O)NCC[C@H](O)CO)C(c2cccc(Cl)c2F)C1(C#N)c1ccc(Cl)cc1F)C1CCN(Cc2ccccc2)CC1. The summed E-state index contributed by atoms with van der Waals surface area (Å²) < 4.78 is 32.1. The van der Waals surface area contributed by atoms with E-state index in [1.54, 1.807) is 6.07 Å². The molecule has 4 N–H and O–H groups in total. The number of nitrogens with zero attached hydrogens (tertiary/aromatic N) is 2. The van der Waals surface area contributed by atoms with E-state index >= 15 is 8.78 Å². The molecule has 0 radical (unpaired) electrons. The second-order valence-corrected chi connectivity index (χ2v) is 14.9. The first-order chi connectivity index (χ1) is 23.4. The number of likely N-dealkylation sites (tertiary alicyclic amines) is 1. The lowest BCUT2D eigenvalue weighted by atomic mass is 9.60. The van der Waals surface area contributed by atoms with Gasteiger partial charge in [0.1, 0.15) is 17.0 Å². The van der Waals surface area contributed by atoms with Crippen LogP contribution in [0.2, 0.25) is 10.0 Å². The van der Waals surface area contributed by atoms with Crippen LogP contribution in [0.5, 0.6) is 0 Å².